The molecule has 176 valence electrons. The van der Waals surface area contributed by atoms with Gasteiger partial charge in [0.25, 0.3) is 0 Å². The Balaban J connectivity index is 1.56. The van der Waals surface area contributed by atoms with Gasteiger partial charge in [0.2, 0.25) is 11.0 Å². The van der Waals surface area contributed by atoms with Gasteiger partial charge in [-0.05, 0) is 55.2 Å². The molecule has 0 spiro atoms. The van der Waals surface area contributed by atoms with Crippen molar-refractivity contribution in [2.45, 2.75) is 40.0 Å². The minimum atomic E-state index is -0.137. The van der Waals surface area contributed by atoms with E-state index >= 15 is 0 Å². The van der Waals surface area contributed by atoms with E-state index in [1.54, 1.807) is 23.1 Å². The summed E-state index contributed by atoms with van der Waals surface area (Å²) in [7, 11) is 1.64. The van der Waals surface area contributed by atoms with Gasteiger partial charge in [0.1, 0.15) is 5.82 Å². The molecule has 7 nitrogen and oxygen atoms in total. The zero-order valence-electron chi connectivity index (χ0n) is 20.0. The van der Waals surface area contributed by atoms with Gasteiger partial charge in [0.15, 0.2) is 11.5 Å². The number of aryl methyl sites for hydroxylation is 2. The van der Waals surface area contributed by atoms with E-state index in [1.807, 2.05) is 31.2 Å². The molecule has 4 aromatic rings. The van der Waals surface area contributed by atoms with Crippen molar-refractivity contribution < 1.29 is 14.3 Å². The number of methoxy groups -OCH3 is 1. The van der Waals surface area contributed by atoms with E-state index in [-0.39, 0.29) is 11.8 Å². The number of benzene rings is 2. The molecular weight excluding hydrogens is 448 g/mol. The molecule has 34 heavy (non-hydrogen) atoms. The third kappa shape index (κ3) is 4.03. The van der Waals surface area contributed by atoms with Gasteiger partial charge in [-0.1, -0.05) is 37.3 Å². The predicted octanol–water partition coefficient (Wildman–Crippen LogP) is 5.62. The average molecular weight is 477 g/mol. The molecule has 0 fully saturated rings. The quantitative estimate of drug-likeness (QED) is 0.391. The summed E-state index contributed by atoms with van der Waals surface area (Å²) < 4.78 is 14.4. The first-order valence-corrected chi connectivity index (χ1v) is 12.2. The highest BCUT2D eigenvalue weighted by Crippen LogP contribution is 2.43. The molecule has 8 heteroatoms. The Morgan fingerprint density at radius 1 is 1.18 bits per heavy atom. The number of rotatable bonds is 6. The Labute approximate surface area is 202 Å². The number of carbonyl (C=O) groups excluding carboxylic acids is 1. The number of hydrogen-bond acceptors (Lipinski definition) is 6. The fourth-order valence-corrected chi connectivity index (χ4v) is 5.38. The van der Waals surface area contributed by atoms with Crippen molar-refractivity contribution in [2.75, 3.05) is 19.0 Å². The number of aromatic nitrogens is 3. The van der Waals surface area contributed by atoms with E-state index in [9.17, 15) is 4.79 Å². The first-order valence-electron chi connectivity index (χ1n) is 11.4. The summed E-state index contributed by atoms with van der Waals surface area (Å²) >= 11 is 1.57. The van der Waals surface area contributed by atoms with Gasteiger partial charge in [-0.2, -0.15) is 9.78 Å². The van der Waals surface area contributed by atoms with Crippen molar-refractivity contribution in [3.05, 3.63) is 58.8 Å². The molecule has 0 radical (unpaired) electrons. The Morgan fingerprint density at radius 2 is 2.00 bits per heavy atom. The molecule has 5 rings (SSSR count). The van der Waals surface area contributed by atoms with Crippen molar-refractivity contribution in [2.24, 2.45) is 5.92 Å². The smallest absolute Gasteiger partial charge is 0.226 e. The van der Waals surface area contributed by atoms with Crippen LogP contribution in [0.1, 0.15) is 48.6 Å². The van der Waals surface area contributed by atoms with Crippen molar-refractivity contribution in [1.29, 1.82) is 0 Å². The lowest BCUT2D eigenvalue weighted by Crippen LogP contribution is -2.25. The summed E-state index contributed by atoms with van der Waals surface area (Å²) in [5.74, 6) is 2.29. The van der Waals surface area contributed by atoms with Gasteiger partial charge >= 0.3 is 0 Å². The Bertz CT molecular complexity index is 1390. The summed E-state index contributed by atoms with van der Waals surface area (Å²) in [6.07, 6.45) is 0.341. The van der Waals surface area contributed by atoms with Crippen LogP contribution >= 0.6 is 11.3 Å². The molecule has 0 aliphatic carbocycles. The van der Waals surface area contributed by atoms with Gasteiger partial charge in [-0.15, -0.1) is 0 Å². The van der Waals surface area contributed by atoms with Crippen LogP contribution in [0.5, 0.6) is 11.5 Å². The molecule has 2 aromatic carbocycles. The lowest BCUT2D eigenvalue weighted by atomic mass is 9.85. The largest absolute Gasteiger partial charge is 0.493 e. The van der Waals surface area contributed by atoms with E-state index in [1.165, 1.54) is 5.56 Å². The van der Waals surface area contributed by atoms with Crippen LogP contribution in [0.25, 0.3) is 15.3 Å². The first kappa shape index (κ1) is 22.4. The van der Waals surface area contributed by atoms with Crippen LogP contribution in [0.15, 0.2) is 36.4 Å². The molecule has 1 aliphatic heterocycles. The number of nitrogens with one attached hydrogen (secondary N) is 1. The standard InChI is InChI=1S/C26H28N4O3S/c1-14(2)13-33-20-9-7-17(11-21(20)32-5)18-12-23(31)28-25-24(18)16(4)29-30(25)26-27-19-8-6-15(3)10-22(19)34-26/h6-11,14,18H,12-13H2,1-5H3,(H,28,31)/t18-/m0/s1. The highest BCUT2D eigenvalue weighted by Gasteiger charge is 2.33. The molecule has 1 N–H and O–H groups in total. The van der Waals surface area contributed by atoms with Crippen LogP contribution in [0.3, 0.4) is 0 Å². The van der Waals surface area contributed by atoms with Gasteiger partial charge in [-0.3, -0.25) is 4.79 Å². The molecular formula is C26H28N4O3S. The molecule has 0 saturated heterocycles. The van der Waals surface area contributed by atoms with E-state index < -0.39 is 0 Å². The average Bonchev–Trinajstić information content (AvgIpc) is 3.37. The number of carbonyl (C=O) groups is 1. The highest BCUT2D eigenvalue weighted by atomic mass is 32.1. The molecule has 1 atom stereocenters. The van der Waals surface area contributed by atoms with E-state index in [4.69, 9.17) is 19.6 Å². The second-order valence-corrected chi connectivity index (χ2v) is 10.2. The Morgan fingerprint density at radius 3 is 2.76 bits per heavy atom. The maximum absolute atomic E-state index is 12.8. The third-order valence-corrected chi connectivity index (χ3v) is 6.97. The number of ether oxygens (including phenoxy) is 2. The topological polar surface area (TPSA) is 78.3 Å². The van der Waals surface area contributed by atoms with Crippen molar-refractivity contribution in [1.82, 2.24) is 14.8 Å². The van der Waals surface area contributed by atoms with Gasteiger partial charge < -0.3 is 14.8 Å². The van der Waals surface area contributed by atoms with Gasteiger partial charge in [-0.25, -0.2) is 4.98 Å². The van der Waals surface area contributed by atoms with Crippen LogP contribution in [0.4, 0.5) is 5.82 Å². The fraction of sp³-hybridized carbons (Fsp3) is 0.346. The monoisotopic (exact) mass is 476 g/mol. The second kappa shape index (κ2) is 8.76. The number of amides is 1. The van der Waals surface area contributed by atoms with Crippen molar-refractivity contribution in [3.63, 3.8) is 0 Å². The number of hydrogen-bond donors (Lipinski definition) is 1. The first-order chi connectivity index (χ1) is 16.3. The summed E-state index contributed by atoms with van der Waals surface area (Å²) in [5, 5.41) is 8.58. The predicted molar refractivity (Wildman–Crippen MR) is 135 cm³/mol. The summed E-state index contributed by atoms with van der Waals surface area (Å²) in [6, 6.07) is 12.1. The van der Waals surface area contributed by atoms with E-state index in [2.05, 4.69) is 38.2 Å². The fourth-order valence-electron chi connectivity index (χ4n) is 4.36. The summed E-state index contributed by atoms with van der Waals surface area (Å²) in [5.41, 5.74) is 4.98. The van der Waals surface area contributed by atoms with Gasteiger partial charge in [0.05, 0.1) is 29.6 Å². The number of fused-ring (bicyclic) bond motifs is 2. The van der Waals surface area contributed by atoms with Crippen LogP contribution in [-0.2, 0) is 4.79 Å². The second-order valence-electron chi connectivity index (χ2n) is 9.15. The normalized spacial score (nSPS) is 15.5. The SMILES string of the molecule is COc1cc([C@@H]2CC(=O)Nc3c2c(C)nn3-c2nc3ccc(C)cc3s2)ccc1OCC(C)C. The number of nitrogens with zero attached hydrogens (tertiary/aromatic N) is 3. The molecule has 1 amide bonds. The summed E-state index contributed by atoms with van der Waals surface area (Å²) in [6.45, 7) is 8.87. The van der Waals surface area contributed by atoms with Gasteiger partial charge in [0, 0.05) is 17.9 Å². The molecule has 1 aliphatic rings. The summed E-state index contributed by atoms with van der Waals surface area (Å²) in [4.78, 5) is 17.6. The maximum Gasteiger partial charge on any atom is 0.226 e. The molecule has 2 aromatic heterocycles. The minimum absolute atomic E-state index is 0.0466. The number of anilines is 1. The van der Waals surface area contributed by atoms with Crippen LogP contribution in [0.2, 0.25) is 0 Å². The Kier molecular flexibility index (Phi) is 5.77. The van der Waals surface area contributed by atoms with Crippen LogP contribution < -0.4 is 14.8 Å². The van der Waals surface area contributed by atoms with E-state index in [0.29, 0.717) is 36.3 Å². The highest BCUT2D eigenvalue weighted by molar-refractivity contribution is 7.20. The zero-order chi connectivity index (χ0) is 24.0. The minimum Gasteiger partial charge on any atom is -0.493 e. The van der Waals surface area contributed by atoms with Crippen molar-refractivity contribution >= 4 is 33.3 Å². The molecule has 0 bridgehead atoms. The van der Waals surface area contributed by atoms with Crippen molar-refractivity contribution in [3.8, 4) is 16.6 Å². The van der Waals surface area contributed by atoms with Crippen LogP contribution in [-0.4, -0.2) is 34.4 Å². The molecule has 0 unspecified atom stereocenters. The zero-order valence-corrected chi connectivity index (χ0v) is 20.8. The number of thiazole rings is 1. The van der Waals surface area contributed by atoms with Crippen LogP contribution in [0, 0.1) is 19.8 Å². The lowest BCUT2D eigenvalue weighted by molar-refractivity contribution is -0.116. The molecule has 3 heterocycles. The third-order valence-electron chi connectivity index (χ3n) is 5.98. The lowest BCUT2D eigenvalue weighted by Gasteiger charge is -2.25. The molecule has 0 saturated carbocycles. The van der Waals surface area contributed by atoms with E-state index in [0.717, 1.165) is 32.2 Å². The maximum atomic E-state index is 12.8. The Hall–Kier alpha value is -3.39.